The molecule has 0 aliphatic carbocycles. The third kappa shape index (κ3) is 4.31. The fourth-order valence-electron chi connectivity index (χ4n) is 1.93. The highest BCUT2D eigenvalue weighted by atomic mass is 16.1. The van der Waals surface area contributed by atoms with Crippen LogP contribution in [-0.2, 0) is 6.42 Å². The molecule has 1 amide bonds. The number of hydrogen-bond acceptors (Lipinski definition) is 3. The molecular formula is C17H21N3O. The Kier molecular flexibility index (Phi) is 5.32. The molecule has 21 heavy (non-hydrogen) atoms. The van der Waals surface area contributed by atoms with Crippen LogP contribution in [0.15, 0.2) is 42.5 Å². The maximum absolute atomic E-state index is 12.2. The van der Waals surface area contributed by atoms with Crippen molar-refractivity contribution in [3.63, 3.8) is 0 Å². The van der Waals surface area contributed by atoms with Gasteiger partial charge in [-0.3, -0.25) is 4.79 Å². The third-order valence-electron chi connectivity index (χ3n) is 3.16. The molecule has 2 N–H and O–H groups in total. The van der Waals surface area contributed by atoms with Gasteiger partial charge in [0.1, 0.15) is 11.5 Å². The Morgan fingerprint density at radius 3 is 2.52 bits per heavy atom. The van der Waals surface area contributed by atoms with Crippen LogP contribution in [0, 0.1) is 0 Å². The standard InChI is InChI=1S/C17H21N3O/c1-3-12-18-16-7-5-6-15(20-16)17(21)19-14-10-8-13(4-2)9-11-14/h5-11H,3-4,12H2,1-2H3,(H,18,20)(H,19,21). The molecule has 1 aromatic carbocycles. The molecule has 4 nitrogen and oxygen atoms in total. The number of rotatable bonds is 6. The molecule has 4 heteroatoms. The second-order valence-electron chi connectivity index (χ2n) is 4.84. The Bertz CT molecular complexity index is 593. The Labute approximate surface area is 125 Å². The van der Waals surface area contributed by atoms with Crippen molar-refractivity contribution >= 4 is 17.4 Å². The maximum atomic E-state index is 12.2. The summed E-state index contributed by atoms with van der Waals surface area (Å²) >= 11 is 0. The van der Waals surface area contributed by atoms with Crippen molar-refractivity contribution in [3.8, 4) is 0 Å². The maximum Gasteiger partial charge on any atom is 0.274 e. The quantitative estimate of drug-likeness (QED) is 0.849. The molecule has 0 saturated heterocycles. The van der Waals surface area contributed by atoms with Crippen LogP contribution >= 0.6 is 0 Å². The summed E-state index contributed by atoms with van der Waals surface area (Å²) in [5, 5.41) is 6.04. The van der Waals surface area contributed by atoms with Crippen molar-refractivity contribution in [2.75, 3.05) is 17.2 Å². The molecule has 0 bridgehead atoms. The van der Waals surface area contributed by atoms with E-state index in [1.165, 1.54) is 5.56 Å². The predicted molar refractivity (Wildman–Crippen MR) is 86.8 cm³/mol. The Morgan fingerprint density at radius 1 is 1.10 bits per heavy atom. The largest absolute Gasteiger partial charge is 0.370 e. The number of nitrogens with zero attached hydrogens (tertiary/aromatic N) is 1. The van der Waals surface area contributed by atoms with E-state index < -0.39 is 0 Å². The lowest BCUT2D eigenvalue weighted by molar-refractivity contribution is 0.102. The van der Waals surface area contributed by atoms with Crippen molar-refractivity contribution in [2.24, 2.45) is 0 Å². The summed E-state index contributed by atoms with van der Waals surface area (Å²) in [4.78, 5) is 16.5. The SMILES string of the molecule is CCCNc1cccc(C(=O)Nc2ccc(CC)cc2)n1. The molecule has 0 unspecified atom stereocenters. The van der Waals surface area contributed by atoms with E-state index in [0.29, 0.717) is 5.69 Å². The minimum atomic E-state index is -0.195. The Hall–Kier alpha value is -2.36. The first kappa shape index (κ1) is 15.0. The summed E-state index contributed by atoms with van der Waals surface area (Å²) in [5.74, 6) is 0.533. The zero-order valence-electron chi connectivity index (χ0n) is 12.5. The van der Waals surface area contributed by atoms with Gasteiger partial charge in [0, 0.05) is 12.2 Å². The minimum absolute atomic E-state index is 0.195. The van der Waals surface area contributed by atoms with Gasteiger partial charge in [-0.1, -0.05) is 32.0 Å². The number of carbonyl (C=O) groups is 1. The molecule has 2 rings (SSSR count). The molecule has 0 aliphatic rings. The van der Waals surface area contributed by atoms with E-state index in [2.05, 4.69) is 29.5 Å². The van der Waals surface area contributed by atoms with Crippen molar-refractivity contribution < 1.29 is 4.79 Å². The monoisotopic (exact) mass is 283 g/mol. The van der Waals surface area contributed by atoms with Gasteiger partial charge in [0.05, 0.1) is 0 Å². The topological polar surface area (TPSA) is 54.0 Å². The zero-order chi connectivity index (χ0) is 15.1. The van der Waals surface area contributed by atoms with Crippen LogP contribution in [-0.4, -0.2) is 17.4 Å². The average molecular weight is 283 g/mol. The predicted octanol–water partition coefficient (Wildman–Crippen LogP) is 3.72. The number of amides is 1. The van der Waals surface area contributed by atoms with E-state index >= 15 is 0 Å². The van der Waals surface area contributed by atoms with Crippen molar-refractivity contribution in [1.82, 2.24) is 4.98 Å². The van der Waals surface area contributed by atoms with E-state index in [-0.39, 0.29) is 5.91 Å². The van der Waals surface area contributed by atoms with Gasteiger partial charge in [0.2, 0.25) is 0 Å². The second kappa shape index (κ2) is 7.43. The van der Waals surface area contributed by atoms with Gasteiger partial charge in [0.25, 0.3) is 5.91 Å². The van der Waals surface area contributed by atoms with Gasteiger partial charge in [-0.2, -0.15) is 0 Å². The highest BCUT2D eigenvalue weighted by molar-refractivity contribution is 6.03. The van der Waals surface area contributed by atoms with E-state index in [4.69, 9.17) is 0 Å². The molecule has 1 heterocycles. The summed E-state index contributed by atoms with van der Waals surface area (Å²) in [6, 6.07) is 13.3. The van der Waals surface area contributed by atoms with E-state index in [1.807, 2.05) is 36.4 Å². The molecule has 0 fully saturated rings. The number of aromatic nitrogens is 1. The molecule has 0 saturated carbocycles. The molecule has 0 atom stereocenters. The fourth-order valence-corrected chi connectivity index (χ4v) is 1.93. The molecule has 0 spiro atoms. The third-order valence-corrected chi connectivity index (χ3v) is 3.16. The number of aryl methyl sites for hydroxylation is 1. The van der Waals surface area contributed by atoms with Crippen molar-refractivity contribution in [3.05, 3.63) is 53.7 Å². The molecule has 2 aromatic rings. The lowest BCUT2D eigenvalue weighted by atomic mass is 10.1. The normalized spacial score (nSPS) is 10.2. The van der Waals surface area contributed by atoms with Crippen LogP contribution in [0.5, 0.6) is 0 Å². The number of anilines is 2. The van der Waals surface area contributed by atoms with E-state index in [1.54, 1.807) is 6.07 Å². The van der Waals surface area contributed by atoms with Crippen LogP contribution in [0.3, 0.4) is 0 Å². The lowest BCUT2D eigenvalue weighted by Gasteiger charge is -2.08. The molecule has 0 aliphatic heterocycles. The van der Waals surface area contributed by atoms with Gasteiger partial charge in [0.15, 0.2) is 0 Å². The summed E-state index contributed by atoms with van der Waals surface area (Å²) in [6.07, 6.45) is 2.00. The summed E-state index contributed by atoms with van der Waals surface area (Å²) in [5.41, 5.74) is 2.44. The zero-order valence-corrected chi connectivity index (χ0v) is 12.5. The van der Waals surface area contributed by atoms with Gasteiger partial charge in [-0.25, -0.2) is 4.98 Å². The molecule has 0 radical (unpaired) electrons. The van der Waals surface area contributed by atoms with Crippen LogP contribution in [0.4, 0.5) is 11.5 Å². The number of pyridine rings is 1. The van der Waals surface area contributed by atoms with Crippen LogP contribution in [0.25, 0.3) is 0 Å². The smallest absolute Gasteiger partial charge is 0.274 e. The van der Waals surface area contributed by atoms with Gasteiger partial charge in [-0.15, -0.1) is 0 Å². The number of nitrogens with one attached hydrogen (secondary N) is 2. The van der Waals surface area contributed by atoms with Gasteiger partial charge >= 0.3 is 0 Å². The first-order chi connectivity index (χ1) is 10.2. The van der Waals surface area contributed by atoms with Crippen LogP contribution < -0.4 is 10.6 Å². The first-order valence-electron chi connectivity index (χ1n) is 7.34. The van der Waals surface area contributed by atoms with Gasteiger partial charge in [-0.05, 0) is 42.7 Å². The summed E-state index contributed by atoms with van der Waals surface area (Å²) in [7, 11) is 0. The van der Waals surface area contributed by atoms with E-state index in [0.717, 1.165) is 30.9 Å². The van der Waals surface area contributed by atoms with Crippen molar-refractivity contribution in [1.29, 1.82) is 0 Å². The highest BCUT2D eigenvalue weighted by Gasteiger charge is 2.08. The van der Waals surface area contributed by atoms with E-state index in [9.17, 15) is 4.79 Å². The Balaban J connectivity index is 2.05. The molecular weight excluding hydrogens is 262 g/mol. The molecule has 1 aromatic heterocycles. The second-order valence-corrected chi connectivity index (χ2v) is 4.84. The number of carbonyl (C=O) groups excluding carboxylic acids is 1. The molecule has 110 valence electrons. The number of benzene rings is 1. The Morgan fingerprint density at radius 2 is 1.86 bits per heavy atom. The van der Waals surface area contributed by atoms with Crippen LogP contribution in [0.2, 0.25) is 0 Å². The van der Waals surface area contributed by atoms with Gasteiger partial charge < -0.3 is 10.6 Å². The number of hydrogen-bond donors (Lipinski definition) is 2. The first-order valence-corrected chi connectivity index (χ1v) is 7.34. The lowest BCUT2D eigenvalue weighted by Crippen LogP contribution is -2.14. The summed E-state index contributed by atoms with van der Waals surface area (Å²) < 4.78 is 0. The van der Waals surface area contributed by atoms with Crippen LogP contribution in [0.1, 0.15) is 36.3 Å². The highest BCUT2D eigenvalue weighted by Crippen LogP contribution is 2.12. The minimum Gasteiger partial charge on any atom is -0.370 e. The van der Waals surface area contributed by atoms with Crippen molar-refractivity contribution in [2.45, 2.75) is 26.7 Å². The average Bonchev–Trinajstić information content (AvgIpc) is 2.54. The summed E-state index contributed by atoms with van der Waals surface area (Å²) in [6.45, 7) is 5.03. The fraction of sp³-hybridized carbons (Fsp3) is 0.294.